The van der Waals surface area contributed by atoms with Gasteiger partial charge in [-0.1, -0.05) is 50.2 Å². The highest BCUT2D eigenvalue weighted by Gasteiger charge is 2.35. The molecule has 2 heterocycles. The number of nitrogens with zero attached hydrogens (tertiary/aromatic N) is 3. The summed E-state index contributed by atoms with van der Waals surface area (Å²) >= 11 is 0. The number of carbonyl (C=O) groups excluding carboxylic acids is 2. The molecule has 0 radical (unpaired) electrons. The van der Waals surface area contributed by atoms with E-state index in [0.29, 0.717) is 42.5 Å². The van der Waals surface area contributed by atoms with E-state index in [9.17, 15) is 23.1 Å². The van der Waals surface area contributed by atoms with Gasteiger partial charge in [0.1, 0.15) is 23.7 Å². The Balaban J connectivity index is 1.36. The number of methoxy groups -OCH3 is 2. The number of aliphatic hydroxyl groups is 1. The van der Waals surface area contributed by atoms with Crippen molar-refractivity contribution in [3.8, 4) is 5.75 Å². The van der Waals surface area contributed by atoms with E-state index < -0.39 is 28.1 Å². The van der Waals surface area contributed by atoms with E-state index in [-0.39, 0.29) is 47.8 Å². The number of oxazole rings is 1. The van der Waals surface area contributed by atoms with Crippen LogP contribution in [0.25, 0.3) is 0 Å². The Labute approximate surface area is 299 Å². The average Bonchev–Trinajstić information content (AvgIpc) is 3.81. The minimum atomic E-state index is -4.01. The molecule has 1 saturated heterocycles. The lowest BCUT2D eigenvalue weighted by atomic mass is 10.00. The third kappa shape index (κ3) is 9.41. The molecule has 272 valence electrons. The average molecular weight is 719 g/mol. The Kier molecular flexibility index (Phi) is 12.6. The van der Waals surface area contributed by atoms with Gasteiger partial charge in [-0.2, -0.15) is 4.31 Å². The monoisotopic (exact) mass is 718 g/mol. The molecule has 51 heavy (non-hydrogen) atoms. The van der Waals surface area contributed by atoms with Crippen molar-refractivity contribution in [2.75, 3.05) is 33.9 Å². The van der Waals surface area contributed by atoms with Gasteiger partial charge < -0.3 is 29.2 Å². The molecule has 1 aliphatic rings. The number of nitrogens with one attached hydrogen (secondary N) is 1. The van der Waals surface area contributed by atoms with Crippen molar-refractivity contribution in [3.05, 3.63) is 113 Å². The maximum absolute atomic E-state index is 13.8. The third-order valence-corrected chi connectivity index (χ3v) is 10.6. The SMILES string of the molecule is COCc1coc([C@H]2CCCN2C(=O)c2cccc(C(=O)N[C@@H](Cc3ccccc3)[C@H](O)CN(CC(C)C)S(=O)(=O)c3ccc(OC)cc3)c2)n1. The van der Waals surface area contributed by atoms with Crippen LogP contribution in [0.5, 0.6) is 5.75 Å². The number of ether oxygens (including phenoxy) is 2. The second-order valence-corrected chi connectivity index (χ2v) is 15.0. The number of sulfonamides is 1. The van der Waals surface area contributed by atoms with Crippen molar-refractivity contribution in [1.29, 1.82) is 0 Å². The summed E-state index contributed by atoms with van der Waals surface area (Å²) in [5.74, 6) is 0.159. The zero-order valence-electron chi connectivity index (χ0n) is 29.4. The van der Waals surface area contributed by atoms with Crippen LogP contribution in [0, 0.1) is 5.92 Å². The first-order valence-corrected chi connectivity index (χ1v) is 18.5. The van der Waals surface area contributed by atoms with Crippen LogP contribution in [-0.2, 0) is 27.8 Å². The molecule has 3 aromatic carbocycles. The van der Waals surface area contributed by atoms with E-state index in [2.05, 4.69) is 10.3 Å². The van der Waals surface area contributed by atoms with E-state index in [0.717, 1.165) is 12.0 Å². The zero-order chi connectivity index (χ0) is 36.5. The molecule has 3 atom stereocenters. The van der Waals surface area contributed by atoms with Crippen LogP contribution in [-0.4, -0.2) is 85.5 Å². The number of aliphatic hydroxyl groups excluding tert-OH is 1. The summed E-state index contributed by atoms with van der Waals surface area (Å²) in [6.07, 6.45) is 1.96. The summed E-state index contributed by atoms with van der Waals surface area (Å²) in [5, 5.41) is 14.6. The molecule has 0 unspecified atom stereocenters. The van der Waals surface area contributed by atoms with Gasteiger partial charge in [0, 0.05) is 37.9 Å². The summed E-state index contributed by atoms with van der Waals surface area (Å²) in [4.78, 5) is 33.8. The minimum Gasteiger partial charge on any atom is -0.497 e. The second kappa shape index (κ2) is 17.1. The first-order chi connectivity index (χ1) is 24.5. The molecule has 5 rings (SSSR count). The van der Waals surface area contributed by atoms with Crippen molar-refractivity contribution in [3.63, 3.8) is 0 Å². The Morgan fingerprint density at radius 2 is 1.75 bits per heavy atom. The topological polar surface area (TPSA) is 152 Å². The lowest BCUT2D eigenvalue weighted by Crippen LogP contribution is -2.51. The van der Waals surface area contributed by atoms with Crippen molar-refractivity contribution in [2.45, 2.75) is 62.8 Å². The summed E-state index contributed by atoms with van der Waals surface area (Å²) in [6, 6.07) is 20.7. The zero-order valence-corrected chi connectivity index (χ0v) is 30.2. The summed E-state index contributed by atoms with van der Waals surface area (Å²) in [7, 11) is -0.932. The minimum absolute atomic E-state index is 0.0427. The van der Waals surface area contributed by atoms with Gasteiger partial charge in [0.2, 0.25) is 15.9 Å². The van der Waals surface area contributed by atoms with Crippen LogP contribution in [0.3, 0.4) is 0 Å². The molecule has 12 nitrogen and oxygen atoms in total. The predicted octanol–water partition coefficient (Wildman–Crippen LogP) is 4.86. The Bertz CT molecular complexity index is 1860. The Hall–Kier alpha value is -4.56. The summed E-state index contributed by atoms with van der Waals surface area (Å²) in [6.45, 7) is 4.50. The molecule has 13 heteroatoms. The van der Waals surface area contributed by atoms with Crippen molar-refractivity contribution >= 4 is 21.8 Å². The normalized spacial score (nSPS) is 16.0. The quantitative estimate of drug-likeness (QED) is 0.166. The number of hydrogen-bond donors (Lipinski definition) is 2. The van der Waals surface area contributed by atoms with Gasteiger partial charge in [0.15, 0.2) is 0 Å². The fourth-order valence-corrected chi connectivity index (χ4v) is 7.85. The Morgan fingerprint density at radius 1 is 1.02 bits per heavy atom. The van der Waals surface area contributed by atoms with E-state index >= 15 is 0 Å². The van der Waals surface area contributed by atoms with Crippen LogP contribution in [0.2, 0.25) is 0 Å². The van der Waals surface area contributed by atoms with Crippen LogP contribution < -0.4 is 10.1 Å². The van der Waals surface area contributed by atoms with Gasteiger partial charge in [0.05, 0.1) is 30.8 Å². The van der Waals surface area contributed by atoms with Crippen LogP contribution in [0.15, 0.2) is 94.4 Å². The number of likely N-dealkylation sites (tertiary alicyclic amines) is 1. The maximum atomic E-state index is 13.8. The summed E-state index contributed by atoms with van der Waals surface area (Å²) < 4.78 is 44.9. The molecular weight excluding hydrogens is 673 g/mol. The van der Waals surface area contributed by atoms with Gasteiger partial charge >= 0.3 is 0 Å². The lowest BCUT2D eigenvalue weighted by Gasteiger charge is -2.31. The standard InChI is InChI=1S/C38H46N4O8S/c1-26(2)22-41(51(46,47)32-17-15-31(49-4)16-18-32)23-35(43)33(20-27-10-6-5-7-11-27)40-36(44)28-12-8-13-29(21-28)38(45)42-19-9-14-34(42)37-39-30(24-48-3)25-50-37/h5-8,10-13,15-18,21,25-26,33-35,43H,9,14,19-20,22-24H2,1-4H3,(H,40,44)/t33-,34+,35+/m0/s1. The largest absolute Gasteiger partial charge is 0.497 e. The molecule has 0 saturated carbocycles. The maximum Gasteiger partial charge on any atom is 0.254 e. The van der Waals surface area contributed by atoms with Crippen molar-refractivity contribution in [2.24, 2.45) is 5.92 Å². The molecule has 0 aliphatic carbocycles. The smallest absolute Gasteiger partial charge is 0.254 e. The number of aromatic nitrogens is 1. The van der Waals surface area contributed by atoms with Gasteiger partial charge in [-0.25, -0.2) is 13.4 Å². The number of rotatable bonds is 16. The van der Waals surface area contributed by atoms with Crippen LogP contribution in [0.4, 0.5) is 0 Å². The first kappa shape index (κ1) is 37.7. The summed E-state index contributed by atoms with van der Waals surface area (Å²) in [5.41, 5.74) is 2.04. The van der Waals surface area contributed by atoms with E-state index in [4.69, 9.17) is 13.9 Å². The molecule has 2 amide bonds. The van der Waals surface area contributed by atoms with Gasteiger partial charge in [-0.3, -0.25) is 9.59 Å². The van der Waals surface area contributed by atoms with Crippen molar-refractivity contribution in [1.82, 2.24) is 19.5 Å². The highest BCUT2D eigenvalue weighted by molar-refractivity contribution is 7.89. The number of amides is 2. The molecule has 1 aromatic heterocycles. The predicted molar refractivity (Wildman–Crippen MR) is 191 cm³/mol. The molecule has 4 aromatic rings. The highest BCUT2D eigenvalue weighted by Crippen LogP contribution is 2.33. The fourth-order valence-electron chi connectivity index (χ4n) is 6.23. The lowest BCUT2D eigenvalue weighted by molar-refractivity contribution is 0.0715. The van der Waals surface area contributed by atoms with E-state index in [1.165, 1.54) is 35.9 Å². The molecule has 0 spiro atoms. The van der Waals surface area contributed by atoms with Crippen LogP contribution >= 0.6 is 0 Å². The molecule has 1 fully saturated rings. The fraction of sp³-hybridized carbons (Fsp3) is 0.395. The molecule has 1 aliphatic heterocycles. The van der Waals surface area contributed by atoms with Crippen LogP contribution in [0.1, 0.15) is 70.6 Å². The van der Waals surface area contributed by atoms with E-state index in [1.807, 2.05) is 44.2 Å². The molecule has 0 bridgehead atoms. The third-order valence-electron chi connectivity index (χ3n) is 8.77. The number of carbonyl (C=O) groups is 2. The first-order valence-electron chi connectivity index (χ1n) is 17.0. The van der Waals surface area contributed by atoms with E-state index in [1.54, 1.807) is 42.3 Å². The number of hydrogen-bond acceptors (Lipinski definition) is 9. The molecule has 2 N–H and O–H groups in total. The second-order valence-electron chi connectivity index (χ2n) is 13.1. The Morgan fingerprint density at radius 3 is 2.43 bits per heavy atom. The molecular formula is C38H46N4O8S. The van der Waals surface area contributed by atoms with Gasteiger partial charge in [-0.05, 0) is 73.2 Å². The highest BCUT2D eigenvalue weighted by atomic mass is 32.2. The van der Waals surface area contributed by atoms with Crippen molar-refractivity contribution < 1.29 is 37.0 Å². The van der Waals surface area contributed by atoms with Gasteiger partial charge in [-0.15, -0.1) is 0 Å². The van der Waals surface area contributed by atoms with Gasteiger partial charge in [0.25, 0.3) is 11.8 Å². The number of benzene rings is 3.